The van der Waals surface area contributed by atoms with Gasteiger partial charge in [-0.3, -0.25) is 0 Å². The molecule has 0 bridgehead atoms. The molecule has 0 aliphatic carbocycles. The van der Waals surface area contributed by atoms with Gasteiger partial charge in [0, 0.05) is 5.39 Å². The summed E-state index contributed by atoms with van der Waals surface area (Å²) in [7, 11) is 0. The van der Waals surface area contributed by atoms with Crippen LogP contribution >= 0.6 is 0 Å². The molecule has 2 rings (SSSR count). The minimum Gasteiger partial charge on any atom is -0.507 e. The molecule has 0 amide bonds. The molecule has 0 radical (unpaired) electrons. The van der Waals surface area contributed by atoms with Crippen LogP contribution in [0.5, 0.6) is 5.75 Å². The molecule has 70 valence electrons. The maximum absolute atomic E-state index is 9.65. The van der Waals surface area contributed by atoms with Gasteiger partial charge in [-0.05, 0) is 23.9 Å². The second-order valence-corrected chi connectivity index (χ2v) is 3.46. The van der Waals surface area contributed by atoms with E-state index in [1.54, 1.807) is 6.07 Å². The Labute approximate surface area is 83.3 Å². The van der Waals surface area contributed by atoms with Crippen molar-refractivity contribution in [3.8, 4) is 5.75 Å². The smallest absolute Gasteiger partial charge is 0.123 e. The first-order valence-electron chi connectivity index (χ1n) is 4.57. The van der Waals surface area contributed by atoms with Gasteiger partial charge in [0.15, 0.2) is 0 Å². The van der Waals surface area contributed by atoms with Gasteiger partial charge in [-0.25, -0.2) is 0 Å². The fourth-order valence-electron chi connectivity index (χ4n) is 1.66. The third kappa shape index (κ3) is 1.27. The van der Waals surface area contributed by atoms with Crippen LogP contribution in [0.3, 0.4) is 0 Å². The first kappa shape index (κ1) is 8.82. The monoisotopic (exact) mass is 184 g/mol. The minimum absolute atomic E-state index is 0.325. The number of phenols is 1. The molecule has 1 heteroatoms. The Kier molecular flexibility index (Phi) is 2.01. The number of allylic oxidation sites excluding steroid dienone is 1. The molecule has 0 atom stereocenters. The standard InChI is InChI=1S/C13H12O/c1-9(2)10-7-8-13(14)12-6-4-3-5-11(10)12/h3-8,14H,1H2,2H3. The molecular weight excluding hydrogens is 172 g/mol. The molecule has 0 heterocycles. The van der Waals surface area contributed by atoms with E-state index in [2.05, 4.69) is 6.58 Å². The molecule has 1 N–H and O–H groups in total. The van der Waals surface area contributed by atoms with Crippen molar-refractivity contribution in [2.24, 2.45) is 0 Å². The largest absolute Gasteiger partial charge is 0.507 e. The Morgan fingerprint density at radius 1 is 1.07 bits per heavy atom. The normalized spacial score (nSPS) is 10.4. The van der Waals surface area contributed by atoms with Crippen molar-refractivity contribution in [2.75, 3.05) is 0 Å². The molecule has 2 aromatic carbocycles. The number of rotatable bonds is 1. The summed E-state index contributed by atoms with van der Waals surface area (Å²) in [4.78, 5) is 0. The van der Waals surface area contributed by atoms with Crippen LogP contribution < -0.4 is 0 Å². The minimum atomic E-state index is 0.325. The summed E-state index contributed by atoms with van der Waals surface area (Å²) in [6.45, 7) is 5.89. The highest BCUT2D eigenvalue weighted by Gasteiger charge is 2.04. The van der Waals surface area contributed by atoms with Gasteiger partial charge in [0.2, 0.25) is 0 Å². The summed E-state index contributed by atoms with van der Waals surface area (Å²) in [6, 6.07) is 11.4. The van der Waals surface area contributed by atoms with Crippen molar-refractivity contribution < 1.29 is 5.11 Å². The van der Waals surface area contributed by atoms with Gasteiger partial charge in [-0.15, -0.1) is 0 Å². The maximum atomic E-state index is 9.65. The Morgan fingerprint density at radius 2 is 1.71 bits per heavy atom. The first-order valence-corrected chi connectivity index (χ1v) is 4.57. The average Bonchev–Trinajstić information content (AvgIpc) is 2.18. The van der Waals surface area contributed by atoms with Crippen LogP contribution in [0, 0.1) is 0 Å². The van der Waals surface area contributed by atoms with E-state index in [1.807, 2.05) is 37.3 Å². The Bertz CT molecular complexity index is 498. The summed E-state index contributed by atoms with van der Waals surface area (Å²) >= 11 is 0. The topological polar surface area (TPSA) is 20.2 Å². The van der Waals surface area contributed by atoms with E-state index in [-0.39, 0.29) is 0 Å². The number of hydrogen-bond acceptors (Lipinski definition) is 1. The van der Waals surface area contributed by atoms with Crippen LogP contribution in [-0.2, 0) is 0 Å². The quantitative estimate of drug-likeness (QED) is 0.718. The first-order chi connectivity index (χ1) is 6.70. The molecule has 0 aliphatic heterocycles. The van der Waals surface area contributed by atoms with Gasteiger partial charge in [-0.1, -0.05) is 42.5 Å². The van der Waals surface area contributed by atoms with E-state index in [9.17, 15) is 5.11 Å². The molecule has 14 heavy (non-hydrogen) atoms. The predicted octanol–water partition coefficient (Wildman–Crippen LogP) is 3.58. The van der Waals surface area contributed by atoms with Crippen molar-refractivity contribution in [3.05, 3.63) is 48.5 Å². The summed E-state index contributed by atoms with van der Waals surface area (Å²) in [5, 5.41) is 11.6. The van der Waals surface area contributed by atoms with Crippen molar-refractivity contribution in [2.45, 2.75) is 6.92 Å². The van der Waals surface area contributed by atoms with Gasteiger partial charge < -0.3 is 5.11 Å². The van der Waals surface area contributed by atoms with E-state index >= 15 is 0 Å². The van der Waals surface area contributed by atoms with Crippen molar-refractivity contribution in [1.29, 1.82) is 0 Å². The second-order valence-electron chi connectivity index (χ2n) is 3.46. The lowest BCUT2D eigenvalue weighted by Crippen LogP contribution is -1.82. The zero-order valence-electron chi connectivity index (χ0n) is 8.12. The number of phenolic OH excluding ortho intramolecular Hbond substituents is 1. The van der Waals surface area contributed by atoms with Crippen molar-refractivity contribution in [3.63, 3.8) is 0 Å². The molecule has 2 aromatic rings. The number of fused-ring (bicyclic) bond motifs is 1. The van der Waals surface area contributed by atoms with Gasteiger partial charge in [0.25, 0.3) is 0 Å². The number of aromatic hydroxyl groups is 1. The highest BCUT2D eigenvalue weighted by Crippen LogP contribution is 2.30. The van der Waals surface area contributed by atoms with Crippen LogP contribution in [0.2, 0.25) is 0 Å². The Balaban J connectivity index is 2.88. The summed E-state index contributed by atoms with van der Waals surface area (Å²) in [6.07, 6.45) is 0. The average molecular weight is 184 g/mol. The SMILES string of the molecule is C=C(C)c1ccc(O)c2ccccc12. The maximum Gasteiger partial charge on any atom is 0.123 e. The predicted molar refractivity (Wildman–Crippen MR) is 60.3 cm³/mol. The van der Waals surface area contributed by atoms with E-state index in [0.29, 0.717) is 5.75 Å². The second kappa shape index (κ2) is 3.18. The van der Waals surface area contributed by atoms with Gasteiger partial charge in [0.1, 0.15) is 5.75 Å². The number of hydrogen-bond donors (Lipinski definition) is 1. The third-order valence-electron chi connectivity index (χ3n) is 2.36. The van der Waals surface area contributed by atoms with Crippen LogP contribution in [0.15, 0.2) is 43.0 Å². The fourth-order valence-corrected chi connectivity index (χ4v) is 1.66. The van der Waals surface area contributed by atoms with Crippen LogP contribution in [0.1, 0.15) is 12.5 Å². The third-order valence-corrected chi connectivity index (χ3v) is 2.36. The zero-order valence-corrected chi connectivity index (χ0v) is 8.12. The zero-order chi connectivity index (χ0) is 10.1. The molecule has 0 saturated heterocycles. The van der Waals surface area contributed by atoms with Gasteiger partial charge >= 0.3 is 0 Å². The highest BCUT2D eigenvalue weighted by molar-refractivity contribution is 5.96. The molecule has 0 aromatic heterocycles. The molecule has 0 saturated carbocycles. The number of benzene rings is 2. The molecule has 0 aliphatic rings. The summed E-state index contributed by atoms with van der Waals surface area (Å²) < 4.78 is 0. The van der Waals surface area contributed by atoms with E-state index in [4.69, 9.17) is 0 Å². The molecule has 1 nitrogen and oxygen atoms in total. The van der Waals surface area contributed by atoms with E-state index < -0.39 is 0 Å². The van der Waals surface area contributed by atoms with Crippen LogP contribution in [-0.4, -0.2) is 5.11 Å². The van der Waals surface area contributed by atoms with Gasteiger partial charge in [0.05, 0.1) is 0 Å². The molecular formula is C13H12O. The van der Waals surface area contributed by atoms with Gasteiger partial charge in [-0.2, -0.15) is 0 Å². The summed E-state index contributed by atoms with van der Waals surface area (Å²) in [5.41, 5.74) is 2.11. The van der Waals surface area contributed by atoms with Crippen molar-refractivity contribution in [1.82, 2.24) is 0 Å². The fraction of sp³-hybridized carbons (Fsp3) is 0.0769. The van der Waals surface area contributed by atoms with Crippen LogP contribution in [0.25, 0.3) is 16.3 Å². The molecule has 0 unspecified atom stereocenters. The molecule has 0 fully saturated rings. The lowest BCUT2D eigenvalue weighted by Gasteiger charge is -2.07. The van der Waals surface area contributed by atoms with Crippen LogP contribution in [0.4, 0.5) is 0 Å². The summed E-state index contributed by atoms with van der Waals surface area (Å²) in [5.74, 6) is 0.325. The Morgan fingerprint density at radius 3 is 2.36 bits per heavy atom. The van der Waals surface area contributed by atoms with E-state index in [1.165, 1.54) is 0 Å². The highest BCUT2D eigenvalue weighted by atomic mass is 16.3. The molecule has 0 spiro atoms. The van der Waals surface area contributed by atoms with E-state index in [0.717, 1.165) is 21.9 Å². The lowest BCUT2D eigenvalue weighted by molar-refractivity contribution is 0.481. The van der Waals surface area contributed by atoms with Crippen molar-refractivity contribution >= 4 is 16.3 Å². The Hall–Kier alpha value is -1.76. The lowest BCUT2D eigenvalue weighted by atomic mass is 9.99.